The van der Waals surface area contributed by atoms with Crippen molar-refractivity contribution in [3.63, 3.8) is 0 Å². The monoisotopic (exact) mass is 441 g/mol. The molecule has 0 aliphatic heterocycles. The second kappa shape index (κ2) is 8.54. The molecule has 0 N–H and O–H groups in total. The van der Waals surface area contributed by atoms with Gasteiger partial charge in [0.15, 0.2) is 5.71 Å². The average Bonchev–Trinajstić information content (AvgIpc) is 3.27. The van der Waals surface area contributed by atoms with Gasteiger partial charge in [-0.2, -0.15) is 10.1 Å². The van der Waals surface area contributed by atoms with Gasteiger partial charge in [-0.15, -0.1) is 15.9 Å². The highest BCUT2D eigenvalue weighted by atomic mass is 32.1. The van der Waals surface area contributed by atoms with Crippen LogP contribution in [0, 0.1) is 11.3 Å². The van der Waals surface area contributed by atoms with Gasteiger partial charge in [0.1, 0.15) is 29.9 Å². The Morgan fingerprint density at radius 3 is 2.68 bits per heavy atom. The lowest BCUT2D eigenvalue weighted by Crippen LogP contribution is -2.35. The fourth-order valence-corrected chi connectivity index (χ4v) is 5.67. The maximum Gasteiger partial charge on any atom is 0.596 e. The van der Waals surface area contributed by atoms with Crippen LogP contribution in [0.15, 0.2) is 6.33 Å². The first-order valence-corrected chi connectivity index (χ1v) is 11.7. The standard InChI is InChI=1S/C23H29N4O3S/c1-23(2,3)30-22(28)27(4)15-6-8-16(9-7-15)29-20-19-18-14(11-12-24)5-10-17(18)31-21(19)26-13-25-20/h13-14,16H,5-11H2,1-4H3/q+1. The van der Waals surface area contributed by atoms with E-state index in [9.17, 15) is 10.1 Å². The van der Waals surface area contributed by atoms with E-state index in [0.717, 1.165) is 54.5 Å². The van der Waals surface area contributed by atoms with Gasteiger partial charge < -0.3 is 9.47 Å². The third-order valence-electron chi connectivity index (χ3n) is 5.96. The van der Waals surface area contributed by atoms with Crippen molar-refractivity contribution in [2.24, 2.45) is 0 Å². The molecule has 8 heteroatoms. The molecule has 164 valence electrons. The number of carbonyl (C=O) groups excluding carboxylic acids is 1. The lowest BCUT2D eigenvalue weighted by Gasteiger charge is -2.23. The summed E-state index contributed by atoms with van der Waals surface area (Å²) in [4.78, 5) is 23.5. The zero-order chi connectivity index (χ0) is 22.2. The molecule has 31 heavy (non-hydrogen) atoms. The maximum atomic E-state index is 12.4. The number of thiophene rings is 1. The molecule has 0 spiro atoms. The van der Waals surface area contributed by atoms with E-state index in [1.807, 2.05) is 20.8 Å². The second-order valence-electron chi connectivity index (χ2n) is 9.32. The second-order valence-corrected chi connectivity index (χ2v) is 10.4. The first-order chi connectivity index (χ1) is 14.8. The third kappa shape index (κ3) is 4.57. The Bertz CT molecular complexity index is 1070. The van der Waals surface area contributed by atoms with E-state index in [0.29, 0.717) is 12.3 Å². The van der Waals surface area contributed by atoms with Crippen molar-refractivity contribution in [2.45, 2.75) is 83.3 Å². The SMILES string of the molecule is C[N+](C(=O)OC(C)(C)C)=C1CCC(Oc2ncnc3sc4c(c23)C(CC#N)CC4)CC1. The minimum atomic E-state index is -0.505. The smallest absolute Gasteiger partial charge is 0.474 e. The molecule has 0 bridgehead atoms. The van der Waals surface area contributed by atoms with Gasteiger partial charge in [-0.1, -0.05) is 0 Å². The van der Waals surface area contributed by atoms with Gasteiger partial charge in [-0.05, 0) is 57.9 Å². The van der Waals surface area contributed by atoms with Crippen molar-refractivity contribution >= 4 is 33.4 Å². The van der Waals surface area contributed by atoms with Crippen LogP contribution < -0.4 is 4.74 Å². The normalized spacial score (nSPS) is 20.9. The quantitative estimate of drug-likeness (QED) is 0.625. The maximum absolute atomic E-state index is 12.4. The summed E-state index contributed by atoms with van der Waals surface area (Å²) >= 11 is 1.70. The van der Waals surface area contributed by atoms with Gasteiger partial charge in [-0.25, -0.2) is 9.97 Å². The lowest BCUT2D eigenvalue weighted by atomic mass is 9.95. The third-order valence-corrected chi connectivity index (χ3v) is 7.14. The van der Waals surface area contributed by atoms with Crippen LogP contribution in [0.5, 0.6) is 5.88 Å². The lowest BCUT2D eigenvalue weighted by molar-refractivity contribution is -0.422. The number of hydrogen-bond acceptors (Lipinski definition) is 7. The highest BCUT2D eigenvalue weighted by Crippen LogP contribution is 2.47. The summed E-state index contributed by atoms with van der Waals surface area (Å²) in [6, 6.07) is 2.32. The molecule has 2 aromatic rings. The van der Waals surface area contributed by atoms with Crippen LogP contribution in [0.2, 0.25) is 0 Å². The van der Waals surface area contributed by atoms with Crippen LogP contribution in [-0.2, 0) is 11.2 Å². The molecule has 1 amide bonds. The number of fused-ring (bicyclic) bond motifs is 3. The Kier molecular flexibility index (Phi) is 5.98. The number of ether oxygens (including phenoxy) is 2. The number of aryl methyl sites for hydroxylation is 1. The average molecular weight is 442 g/mol. The van der Waals surface area contributed by atoms with Gasteiger partial charge in [0.2, 0.25) is 5.88 Å². The minimum Gasteiger partial charge on any atom is -0.474 e. The number of rotatable bonds is 3. The fourth-order valence-electron chi connectivity index (χ4n) is 4.44. The van der Waals surface area contributed by atoms with Crippen LogP contribution in [0.3, 0.4) is 0 Å². The van der Waals surface area contributed by atoms with Gasteiger partial charge in [0.25, 0.3) is 0 Å². The minimum absolute atomic E-state index is 0.0419. The van der Waals surface area contributed by atoms with Gasteiger partial charge in [0.05, 0.1) is 11.5 Å². The fraction of sp³-hybridized carbons (Fsp3) is 0.609. The van der Waals surface area contributed by atoms with Crippen LogP contribution >= 0.6 is 11.3 Å². The molecule has 4 rings (SSSR count). The van der Waals surface area contributed by atoms with Crippen molar-refractivity contribution in [2.75, 3.05) is 7.05 Å². The molecule has 1 atom stereocenters. The van der Waals surface area contributed by atoms with Crippen molar-refractivity contribution in [1.82, 2.24) is 9.97 Å². The molecule has 2 heterocycles. The highest BCUT2D eigenvalue weighted by molar-refractivity contribution is 7.19. The van der Waals surface area contributed by atoms with E-state index in [4.69, 9.17) is 9.47 Å². The highest BCUT2D eigenvalue weighted by Gasteiger charge is 2.33. The number of amides is 1. The van der Waals surface area contributed by atoms with Crippen LogP contribution in [-0.4, -0.2) is 45.1 Å². The summed E-state index contributed by atoms with van der Waals surface area (Å²) in [7, 11) is 1.78. The van der Waals surface area contributed by atoms with Crippen LogP contribution in [0.25, 0.3) is 10.2 Å². The molecule has 0 saturated heterocycles. The van der Waals surface area contributed by atoms with Gasteiger partial charge in [0, 0.05) is 24.1 Å². The van der Waals surface area contributed by atoms with Crippen molar-refractivity contribution in [3.8, 4) is 11.9 Å². The predicted octanol–water partition coefficient (Wildman–Crippen LogP) is 4.97. The summed E-state index contributed by atoms with van der Waals surface area (Å²) in [6.45, 7) is 5.62. The van der Waals surface area contributed by atoms with Gasteiger partial charge >= 0.3 is 6.09 Å². The number of aromatic nitrogens is 2. The van der Waals surface area contributed by atoms with E-state index in [1.165, 1.54) is 10.4 Å². The first-order valence-electron chi connectivity index (χ1n) is 10.9. The predicted molar refractivity (Wildman–Crippen MR) is 119 cm³/mol. The zero-order valence-corrected chi connectivity index (χ0v) is 19.4. The molecular formula is C23H29N4O3S+. The van der Waals surface area contributed by atoms with E-state index < -0.39 is 5.60 Å². The largest absolute Gasteiger partial charge is 0.596 e. The molecule has 2 aliphatic carbocycles. The van der Waals surface area contributed by atoms with E-state index >= 15 is 0 Å². The topological polar surface area (TPSA) is 88.1 Å². The molecule has 1 saturated carbocycles. The molecule has 1 fully saturated rings. The van der Waals surface area contributed by atoms with E-state index in [2.05, 4.69) is 16.0 Å². The summed E-state index contributed by atoms with van der Waals surface area (Å²) in [6.07, 6.45) is 7.05. The summed E-state index contributed by atoms with van der Waals surface area (Å²) in [5, 5.41) is 10.2. The zero-order valence-electron chi connectivity index (χ0n) is 18.6. The number of nitriles is 1. The van der Waals surface area contributed by atoms with Gasteiger partial charge in [-0.3, -0.25) is 0 Å². The molecule has 2 aliphatic rings. The Morgan fingerprint density at radius 2 is 2.00 bits per heavy atom. The Balaban J connectivity index is 1.49. The summed E-state index contributed by atoms with van der Waals surface area (Å²) in [5.41, 5.74) is 1.80. The van der Waals surface area contributed by atoms with E-state index in [-0.39, 0.29) is 18.1 Å². The van der Waals surface area contributed by atoms with Crippen molar-refractivity contribution < 1.29 is 18.8 Å². The molecule has 0 radical (unpaired) electrons. The Hall–Kier alpha value is -2.53. The Labute approximate surface area is 186 Å². The summed E-state index contributed by atoms with van der Waals surface area (Å²) < 4.78 is 13.5. The molecule has 2 aromatic heterocycles. The molecule has 0 aromatic carbocycles. The number of hydrogen-bond donors (Lipinski definition) is 0. The molecule has 1 unspecified atom stereocenters. The van der Waals surface area contributed by atoms with E-state index in [1.54, 1.807) is 29.3 Å². The van der Waals surface area contributed by atoms with Crippen molar-refractivity contribution in [1.29, 1.82) is 5.26 Å². The summed E-state index contributed by atoms with van der Waals surface area (Å²) in [5.74, 6) is 0.886. The van der Waals surface area contributed by atoms with Crippen LogP contribution in [0.4, 0.5) is 4.79 Å². The molecule has 7 nitrogen and oxygen atoms in total. The Morgan fingerprint density at radius 1 is 1.26 bits per heavy atom. The molecular weight excluding hydrogens is 412 g/mol. The number of nitrogens with zero attached hydrogens (tertiary/aromatic N) is 4. The first kappa shape index (κ1) is 21.7. The van der Waals surface area contributed by atoms with Crippen LogP contribution in [0.1, 0.15) is 75.7 Å². The number of carbonyl (C=O) groups is 1. The van der Waals surface area contributed by atoms with Crippen molar-refractivity contribution in [3.05, 3.63) is 16.8 Å².